The van der Waals surface area contributed by atoms with Crippen molar-refractivity contribution in [3.05, 3.63) is 35.4 Å². The van der Waals surface area contributed by atoms with Gasteiger partial charge in [0.2, 0.25) is 0 Å². The highest BCUT2D eigenvalue weighted by molar-refractivity contribution is 5.22. The van der Waals surface area contributed by atoms with Gasteiger partial charge in [-0.15, -0.1) is 0 Å². The molecule has 1 rings (SSSR count). The molecule has 0 saturated carbocycles. The van der Waals surface area contributed by atoms with E-state index in [0.29, 0.717) is 6.10 Å². The fraction of sp³-hybridized carbons (Fsp3) is 0.538. The zero-order valence-electron chi connectivity index (χ0n) is 9.92. The first-order chi connectivity index (χ1) is 7.22. The summed E-state index contributed by atoms with van der Waals surface area (Å²) >= 11 is 0. The molecule has 2 nitrogen and oxygen atoms in total. The molecule has 0 heterocycles. The number of methoxy groups -OCH3 is 1. The lowest BCUT2D eigenvalue weighted by Gasteiger charge is -2.10. The van der Waals surface area contributed by atoms with Crippen LogP contribution in [-0.4, -0.2) is 26.3 Å². The fourth-order valence-corrected chi connectivity index (χ4v) is 1.49. The topological polar surface area (TPSA) is 21.3 Å². The average molecular weight is 207 g/mol. The van der Waals surface area contributed by atoms with Crippen LogP contribution in [-0.2, 0) is 11.2 Å². The van der Waals surface area contributed by atoms with Crippen LogP contribution in [0.5, 0.6) is 0 Å². The standard InChI is InChI=1S/C13H21NO/c1-11-5-4-6-13(9-11)7-8-14-10-12(2)15-3/h4-6,9,12,14H,7-8,10H2,1-3H3. The van der Waals surface area contributed by atoms with Gasteiger partial charge in [0.25, 0.3) is 0 Å². The van der Waals surface area contributed by atoms with Crippen LogP contribution < -0.4 is 5.32 Å². The van der Waals surface area contributed by atoms with Gasteiger partial charge in [-0.2, -0.15) is 0 Å². The summed E-state index contributed by atoms with van der Waals surface area (Å²) in [5, 5.41) is 3.38. The summed E-state index contributed by atoms with van der Waals surface area (Å²) in [5.74, 6) is 0. The molecule has 1 unspecified atom stereocenters. The molecule has 0 saturated heterocycles. The van der Waals surface area contributed by atoms with E-state index in [2.05, 4.69) is 43.4 Å². The predicted molar refractivity (Wildman–Crippen MR) is 64.2 cm³/mol. The monoisotopic (exact) mass is 207 g/mol. The van der Waals surface area contributed by atoms with E-state index in [1.54, 1.807) is 7.11 Å². The van der Waals surface area contributed by atoms with Gasteiger partial charge in [-0.1, -0.05) is 29.8 Å². The zero-order valence-corrected chi connectivity index (χ0v) is 9.92. The molecule has 0 aliphatic rings. The van der Waals surface area contributed by atoms with Crippen molar-refractivity contribution in [1.82, 2.24) is 5.32 Å². The van der Waals surface area contributed by atoms with Crippen LogP contribution in [0.2, 0.25) is 0 Å². The zero-order chi connectivity index (χ0) is 11.1. The summed E-state index contributed by atoms with van der Waals surface area (Å²) in [4.78, 5) is 0. The Morgan fingerprint density at radius 2 is 2.20 bits per heavy atom. The van der Waals surface area contributed by atoms with Crippen molar-refractivity contribution in [1.29, 1.82) is 0 Å². The van der Waals surface area contributed by atoms with E-state index in [9.17, 15) is 0 Å². The SMILES string of the molecule is COC(C)CNCCc1cccc(C)c1. The molecule has 1 N–H and O–H groups in total. The first-order valence-electron chi connectivity index (χ1n) is 5.51. The van der Waals surface area contributed by atoms with Crippen molar-refractivity contribution in [2.75, 3.05) is 20.2 Å². The largest absolute Gasteiger partial charge is 0.380 e. The number of benzene rings is 1. The summed E-state index contributed by atoms with van der Waals surface area (Å²) in [5.41, 5.74) is 2.73. The van der Waals surface area contributed by atoms with Crippen molar-refractivity contribution in [3.8, 4) is 0 Å². The van der Waals surface area contributed by atoms with Crippen LogP contribution >= 0.6 is 0 Å². The minimum absolute atomic E-state index is 0.294. The molecule has 1 aromatic rings. The molecule has 0 aliphatic carbocycles. The first-order valence-corrected chi connectivity index (χ1v) is 5.51. The Balaban J connectivity index is 2.20. The van der Waals surface area contributed by atoms with Crippen molar-refractivity contribution >= 4 is 0 Å². The second kappa shape index (κ2) is 6.59. The first kappa shape index (κ1) is 12.2. The molecule has 0 fully saturated rings. The molecule has 1 atom stereocenters. The number of nitrogens with one attached hydrogen (secondary N) is 1. The molecule has 0 spiro atoms. The molecule has 0 aromatic heterocycles. The van der Waals surface area contributed by atoms with Crippen molar-refractivity contribution < 1.29 is 4.74 Å². The second-order valence-electron chi connectivity index (χ2n) is 3.99. The van der Waals surface area contributed by atoms with Gasteiger partial charge in [-0.05, 0) is 32.4 Å². The molecule has 0 radical (unpaired) electrons. The number of hydrogen-bond acceptors (Lipinski definition) is 2. The Morgan fingerprint density at radius 3 is 2.87 bits per heavy atom. The molecule has 0 aliphatic heterocycles. The van der Waals surface area contributed by atoms with Gasteiger partial charge >= 0.3 is 0 Å². The molecule has 84 valence electrons. The summed E-state index contributed by atoms with van der Waals surface area (Å²) in [6.45, 7) is 6.13. The summed E-state index contributed by atoms with van der Waals surface area (Å²) in [6.07, 6.45) is 1.38. The Labute approximate surface area is 92.6 Å². The minimum atomic E-state index is 0.294. The fourth-order valence-electron chi connectivity index (χ4n) is 1.49. The van der Waals surface area contributed by atoms with E-state index in [1.165, 1.54) is 11.1 Å². The Morgan fingerprint density at radius 1 is 1.40 bits per heavy atom. The van der Waals surface area contributed by atoms with E-state index >= 15 is 0 Å². The molecule has 15 heavy (non-hydrogen) atoms. The third-order valence-electron chi connectivity index (χ3n) is 2.51. The van der Waals surface area contributed by atoms with Crippen molar-refractivity contribution in [3.63, 3.8) is 0 Å². The summed E-state index contributed by atoms with van der Waals surface area (Å²) in [7, 11) is 1.74. The molecule has 1 aromatic carbocycles. The smallest absolute Gasteiger partial charge is 0.0667 e. The van der Waals surface area contributed by atoms with Gasteiger partial charge in [0.1, 0.15) is 0 Å². The number of ether oxygens (including phenoxy) is 1. The van der Waals surface area contributed by atoms with E-state index in [-0.39, 0.29) is 0 Å². The summed E-state index contributed by atoms with van der Waals surface area (Å²) < 4.78 is 5.16. The maximum absolute atomic E-state index is 5.16. The normalized spacial score (nSPS) is 12.7. The van der Waals surface area contributed by atoms with Crippen LogP contribution in [0.3, 0.4) is 0 Å². The van der Waals surface area contributed by atoms with Gasteiger partial charge in [0.05, 0.1) is 6.10 Å². The van der Waals surface area contributed by atoms with Crippen LogP contribution in [0.4, 0.5) is 0 Å². The molecule has 0 amide bonds. The second-order valence-corrected chi connectivity index (χ2v) is 3.99. The Kier molecular flexibility index (Phi) is 5.37. The van der Waals surface area contributed by atoms with Crippen LogP contribution in [0.25, 0.3) is 0 Å². The maximum Gasteiger partial charge on any atom is 0.0667 e. The van der Waals surface area contributed by atoms with Crippen LogP contribution in [0, 0.1) is 6.92 Å². The highest BCUT2D eigenvalue weighted by atomic mass is 16.5. The average Bonchev–Trinajstić information content (AvgIpc) is 2.24. The van der Waals surface area contributed by atoms with Crippen LogP contribution in [0.15, 0.2) is 24.3 Å². The van der Waals surface area contributed by atoms with Gasteiger partial charge in [-0.25, -0.2) is 0 Å². The van der Waals surface area contributed by atoms with Gasteiger partial charge < -0.3 is 10.1 Å². The maximum atomic E-state index is 5.16. The molecular weight excluding hydrogens is 186 g/mol. The Bertz CT molecular complexity index is 286. The minimum Gasteiger partial charge on any atom is -0.380 e. The van der Waals surface area contributed by atoms with Gasteiger partial charge in [-0.3, -0.25) is 0 Å². The summed E-state index contributed by atoms with van der Waals surface area (Å²) in [6, 6.07) is 8.65. The number of hydrogen-bond donors (Lipinski definition) is 1. The lowest BCUT2D eigenvalue weighted by atomic mass is 10.1. The highest BCUT2D eigenvalue weighted by Gasteiger charge is 1.98. The third-order valence-corrected chi connectivity index (χ3v) is 2.51. The van der Waals surface area contributed by atoms with Gasteiger partial charge in [0, 0.05) is 13.7 Å². The highest BCUT2D eigenvalue weighted by Crippen LogP contribution is 2.03. The van der Waals surface area contributed by atoms with Crippen LogP contribution in [0.1, 0.15) is 18.1 Å². The number of aryl methyl sites for hydroxylation is 1. The molecule has 2 heteroatoms. The van der Waals surface area contributed by atoms with Gasteiger partial charge in [0.15, 0.2) is 0 Å². The lowest BCUT2D eigenvalue weighted by Crippen LogP contribution is -2.27. The Hall–Kier alpha value is -0.860. The van der Waals surface area contributed by atoms with E-state index in [4.69, 9.17) is 4.74 Å². The van der Waals surface area contributed by atoms with Crippen molar-refractivity contribution in [2.45, 2.75) is 26.4 Å². The predicted octanol–water partition coefficient (Wildman–Crippen LogP) is 2.16. The van der Waals surface area contributed by atoms with E-state index < -0.39 is 0 Å². The van der Waals surface area contributed by atoms with Crippen molar-refractivity contribution in [2.24, 2.45) is 0 Å². The quantitative estimate of drug-likeness (QED) is 0.722. The van der Waals surface area contributed by atoms with E-state index in [1.807, 2.05) is 0 Å². The number of rotatable bonds is 6. The molecule has 0 bridgehead atoms. The molecular formula is C13H21NO. The lowest BCUT2D eigenvalue weighted by molar-refractivity contribution is 0.117. The third kappa shape index (κ3) is 4.96. The van der Waals surface area contributed by atoms with E-state index in [0.717, 1.165) is 19.5 Å².